The molecule has 0 unspecified atom stereocenters. The second kappa shape index (κ2) is 8.51. The summed E-state index contributed by atoms with van der Waals surface area (Å²) in [6.07, 6.45) is -0.609. The average molecular weight is 518 g/mol. The summed E-state index contributed by atoms with van der Waals surface area (Å²) in [6.45, 7) is 2.42. The molecule has 1 amide bonds. The Morgan fingerprint density at radius 1 is 1.13 bits per heavy atom. The number of amides is 1. The minimum Gasteiger partial charge on any atom is -0.496 e. The molecule has 0 saturated heterocycles. The zero-order chi connectivity index (χ0) is 21.3. The van der Waals surface area contributed by atoms with Crippen LogP contribution < -0.4 is 19.7 Å². The molecule has 0 spiro atoms. The molecule has 154 valence electrons. The smallest absolute Gasteiger partial charge is 0.262 e. The Morgan fingerprint density at radius 2 is 1.97 bits per heavy atom. The number of hydrogen-bond acceptors (Lipinski definition) is 4. The number of carbonyl (C=O) groups is 1. The summed E-state index contributed by atoms with van der Waals surface area (Å²) >= 11 is 2.17. The molecule has 0 saturated carbocycles. The van der Waals surface area contributed by atoms with Gasteiger partial charge in [0, 0.05) is 20.5 Å². The maximum Gasteiger partial charge on any atom is 0.262 e. The van der Waals surface area contributed by atoms with Gasteiger partial charge >= 0.3 is 0 Å². The molecule has 7 heteroatoms. The van der Waals surface area contributed by atoms with Crippen LogP contribution in [0.1, 0.15) is 29.0 Å². The molecule has 5 nitrogen and oxygen atoms in total. The van der Waals surface area contributed by atoms with Gasteiger partial charge in [-0.05, 0) is 84.1 Å². The van der Waals surface area contributed by atoms with E-state index in [1.165, 1.54) is 12.1 Å². The van der Waals surface area contributed by atoms with Crippen LogP contribution in [-0.2, 0) is 0 Å². The molecule has 1 aliphatic rings. The summed E-state index contributed by atoms with van der Waals surface area (Å²) in [6, 6.07) is 17.1. The number of halogens is 2. The second-order valence-corrected chi connectivity index (χ2v) is 7.97. The van der Waals surface area contributed by atoms with Gasteiger partial charge in [-0.1, -0.05) is 6.07 Å². The van der Waals surface area contributed by atoms with Crippen molar-refractivity contribution < 1.29 is 18.7 Å². The summed E-state index contributed by atoms with van der Waals surface area (Å²) in [7, 11) is 1.58. The van der Waals surface area contributed by atoms with Crippen molar-refractivity contribution in [2.75, 3.05) is 23.9 Å². The topological polar surface area (TPSA) is 50.8 Å². The normalized spacial score (nSPS) is 15.4. The maximum absolute atomic E-state index is 14.0. The van der Waals surface area contributed by atoms with Crippen LogP contribution in [0.4, 0.5) is 15.8 Å². The number of hydrogen-bond donors (Lipinski definition) is 1. The van der Waals surface area contributed by atoms with Crippen LogP contribution in [0.25, 0.3) is 0 Å². The Morgan fingerprint density at radius 3 is 2.70 bits per heavy atom. The van der Waals surface area contributed by atoms with E-state index in [2.05, 4.69) is 27.9 Å². The highest BCUT2D eigenvalue weighted by molar-refractivity contribution is 14.1. The van der Waals surface area contributed by atoms with Crippen LogP contribution in [0.5, 0.6) is 11.5 Å². The Labute approximate surface area is 187 Å². The van der Waals surface area contributed by atoms with Gasteiger partial charge in [0.05, 0.1) is 19.3 Å². The van der Waals surface area contributed by atoms with E-state index in [-0.39, 0.29) is 5.91 Å². The van der Waals surface area contributed by atoms with Gasteiger partial charge < -0.3 is 14.8 Å². The van der Waals surface area contributed by atoms with E-state index in [9.17, 15) is 9.18 Å². The molecule has 3 aromatic carbocycles. The zero-order valence-electron chi connectivity index (χ0n) is 16.5. The molecule has 30 heavy (non-hydrogen) atoms. The van der Waals surface area contributed by atoms with Gasteiger partial charge in [0.25, 0.3) is 5.91 Å². The van der Waals surface area contributed by atoms with Crippen LogP contribution in [0.3, 0.4) is 0 Å². The van der Waals surface area contributed by atoms with Crippen LogP contribution >= 0.6 is 22.6 Å². The van der Waals surface area contributed by atoms with Gasteiger partial charge in [-0.3, -0.25) is 9.69 Å². The molecular formula is C23H20FIN2O3. The molecular weight excluding hydrogens is 498 g/mol. The Hall–Kier alpha value is -2.81. The lowest BCUT2D eigenvalue weighted by Gasteiger charge is -2.38. The molecule has 1 atom stereocenters. The average Bonchev–Trinajstić information content (AvgIpc) is 2.74. The first-order chi connectivity index (χ1) is 14.5. The van der Waals surface area contributed by atoms with E-state index in [4.69, 9.17) is 9.47 Å². The minimum absolute atomic E-state index is 0.221. The van der Waals surface area contributed by atoms with Crippen LogP contribution in [0, 0.1) is 9.39 Å². The van der Waals surface area contributed by atoms with Crippen molar-refractivity contribution in [3.05, 3.63) is 81.2 Å². The number of nitrogens with zero attached hydrogens (tertiary/aromatic N) is 1. The monoisotopic (exact) mass is 518 g/mol. The number of rotatable bonds is 5. The molecule has 0 aliphatic carbocycles. The Kier molecular flexibility index (Phi) is 5.80. The molecule has 0 fully saturated rings. The van der Waals surface area contributed by atoms with Gasteiger partial charge in [-0.2, -0.15) is 0 Å². The summed E-state index contributed by atoms with van der Waals surface area (Å²) in [5.41, 5.74) is 2.40. The first kappa shape index (κ1) is 20.5. The van der Waals surface area contributed by atoms with E-state index in [0.717, 1.165) is 3.57 Å². The van der Waals surface area contributed by atoms with E-state index in [0.29, 0.717) is 40.6 Å². The first-order valence-electron chi connectivity index (χ1n) is 9.47. The first-order valence-corrected chi connectivity index (χ1v) is 10.6. The minimum atomic E-state index is -0.609. The fourth-order valence-electron chi connectivity index (χ4n) is 3.57. The summed E-state index contributed by atoms with van der Waals surface area (Å²) < 4.78 is 26.2. The van der Waals surface area contributed by atoms with E-state index < -0.39 is 12.0 Å². The lowest BCUT2D eigenvalue weighted by atomic mass is 10.0. The van der Waals surface area contributed by atoms with Gasteiger partial charge in [-0.15, -0.1) is 0 Å². The fourth-order valence-corrected chi connectivity index (χ4v) is 4.06. The van der Waals surface area contributed by atoms with Crippen LogP contribution in [0.15, 0.2) is 60.7 Å². The maximum atomic E-state index is 14.0. The fraction of sp³-hybridized carbons (Fsp3) is 0.174. The summed E-state index contributed by atoms with van der Waals surface area (Å²) in [5.74, 6) is 0.624. The lowest BCUT2D eigenvalue weighted by molar-refractivity contribution is 0.0974. The number of nitrogens with one attached hydrogen (secondary N) is 1. The predicted molar refractivity (Wildman–Crippen MR) is 123 cm³/mol. The number of anilines is 2. The largest absolute Gasteiger partial charge is 0.496 e. The van der Waals surface area contributed by atoms with Gasteiger partial charge in [-0.25, -0.2) is 4.39 Å². The zero-order valence-corrected chi connectivity index (χ0v) is 18.6. The molecule has 0 aromatic heterocycles. The predicted octanol–water partition coefficient (Wildman–Crippen LogP) is 5.61. The van der Waals surface area contributed by atoms with Crippen molar-refractivity contribution in [1.82, 2.24) is 0 Å². The molecule has 0 radical (unpaired) electrons. The summed E-state index contributed by atoms with van der Waals surface area (Å²) in [5, 5.41) is 3.43. The number of benzene rings is 3. The van der Waals surface area contributed by atoms with Crippen LogP contribution in [0.2, 0.25) is 0 Å². The van der Waals surface area contributed by atoms with Crippen molar-refractivity contribution in [2.45, 2.75) is 13.1 Å². The Bertz CT molecular complexity index is 1110. The standard InChI is InChI=1S/C23H20FIN2O3/c1-3-30-17-8-10-21(29-2)19(13-17)22-26-20-9-7-15(25)12-18(20)23(28)27(22)16-6-4-5-14(24)11-16/h4-13,22,26H,3H2,1-2H3/t22-/m0/s1. The van der Waals surface area contributed by atoms with Crippen molar-refractivity contribution >= 4 is 39.9 Å². The number of fused-ring (bicyclic) bond motifs is 1. The second-order valence-electron chi connectivity index (χ2n) is 6.73. The van der Waals surface area contributed by atoms with Crippen molar-refractivity contribution in [3.8, 4) is 11.5 Å². The van der Waals surface area contributed by atoms with Crippen LogP contribution in [-0.4, -0.2) is 19.6 Å². The molecule has 0 bridgehead atoms. The molecule has 4 rings (SSSR count). The SMILES string of the molecule is CCOc1ccc(OC)c([C@H]2Nc3ccc(I)cc3C(=O)N2c2cccc(F)c2)c1. The highest BCUT2D eigenvalue weighted by Gasteiger charge is 2.36. The molecule has 1 N–H and O–H groups in total. The lowest BCUT2D eigenvalue weighted by Crippen LogP contribution is -2.43. The third-order valence-corrected chi connectivity index (χ3v) is 5.55. The van der Waals surface area contributed by atoms with Crippen molar-refractivity contribution in [2.24, 2.45) is 0 Å². The number of carbonyl (C=O) groups excluding carboxylic acids is 1. The quantitative estimate of drug-likeness (QED) is 0.447. The third kappa shape index (κ3) is 3.81. The molecule has 1 heterocycles. The van der Waals surface area contributed by atoms with Gasteiger partial charge in [0.1, 0.15) is 23.5 Å². The third-order valence-electron chi connectivity index (χ3n) is 4.87. The van der Waals surface area contributed by atoms with E-state index in [1.807, 2.05) is 37.3 Å². The molecule has 3 aromatic rings. The summed E-state index contributed by atoms with van der Waals surface area (Å²) in [4.78, 5) is 15.1. The highest BCUT2D eigenvalue weighted by Crippen LogP contribution is 2.41. The number of ether oxygens (including phenoxy) is 2. The Balaban J connectivity index is 1.91. The van der Waals surface area contributed by atoms with E-state index in [1.54, 1.807) is 30.2 Å². The van der Waals surface area contributed by atoms with Crippen molar-refractivity contribution in [1.29, 1.82) is 0 Å². The number of methoxy groups -OCH3 is 1. The van der Waals surface area contributed by atoms with E-state index >= 15 is 0 Å². The van der Waals surface area contributed by atoms with Gasteiger partial charge in [0.15, 0.2) is 0 Å². The highest BCUT2D eigenvalue weighted by atomic mass is 127. The van der Waals surface area contributed by atoms with Crippen molar-refractivity contribution in [3.63, 3.8) is 0 Å². The van der Waals surface area contributed by atoms with Gasteiger partial charge in [0.2, 0.25) is 0 Å². The molecule has 1 aliphatic heterocycles.